The van der Waals surface area contributed by atoms with E-state index in [1.165, 1.54) is 0 Å². The van der Waals surface area contributed by atoms with Crippen molar-refractivity contribution in [3.05, 3.63) is 52.7 Å². The number of rotatable bonds is 4. The van der Waals surface area contributed by atoms with Crippen LogP contribution in [0.25, 0.3) is 0 Å². The molecule has 0 fully saturated rings. The van der Waals surface area contributed by atoms with Crippen molar-refractivity contribution in [1.29, 1.82) is 0 Å². The minimum atomic E-state index is -0.480. The maximum absolute atomic E-state index is 12.2. The first-order valence-corrected chi connectivity index (χ1v) is 8.58. The van der Waals surface area contributed by atoms with Crippen LogP contribution in [0, 0.1) is 6.92 Å². The minimum Gasteiger partial charge on any atom is -0.457 e. The van der Waals surface area contributed by atoms with Gasteiger partial charge in [0.25, 0.3) is 5.91 Å². The number of hydrogen-bond acceptors (Lipinski definition) is 6. The number of furan rings is 1. The predicted octanol–water partition coefficient (Wildman–Crippen LogP) is 3.02. The average Bonchev–Trinajstić information content (AvgIpc) is 2.97. The van der Waals surface area contributed by atoms with Crippen LogP contribution in [-0.4, -0.2) is 28.7 Å². The molecule has 0 saturated carbocycles. The first-order valence-electron chi connectivity index (χ1n) is 8.58. The average molecular weight is 355 g/mol. The summed E-state index contributed by atoms with van der Waals surface area (Å²) in [4.78, 5) is 28.3. The topological polar surface area (TPSA) is 93.8 Å². The molecule has 1 aliphatic rings. The zero-order chi connectivity index (χ0) is 18.7. The zero-order valence-corrected chi connectivity index (χ0v) is 15.0. The summed E-state index contributed by atoms with van der Waals surface area (Å²) in [5.41, 5.74) is 5.25. The molecule has 0 radical (unpaired) electrons. The van der Waals surface area contributed by atoms with Gasteiger partial charge in [0, 0.05) is 35.5 Å². The van der Waals surface area contributed by atoms with E-state index in [1.807, 2.05) is 6.92 Å². The molecule has 2 heterocycles. The second-order valence-electron chi connectivity index (χ2n) is 6.40. The second kappa shape index (κ2) is 7.51. The van der Waals surface area contributed by atoms with Crippen LogP contribution in [0.15, 0.2) is 34.0 Å². The highest BCUT2D eigenvalue weighted by molar-refractivity contribution is 6.06. The third kappa shape index (κ3) is 3.66. The fraction of sp³-hybridized carbons (Fsp3) is 0.368. The molecule has 7 nitrogen and oxygen atoms in total. The molecule has 26 heavy (non-hydrogen) atoms. The number of carbonyl (C=O) groups is 2. The van der Waals surface area contributed by atoms with Crippen molar-refractivity contribution < 1.29 is 18.7 Å². The van der Waals surface area contributed by atoms with E-state index in [1.54, 1.807) is 38.4 Å². The molecule has 136 valence electrons. The molecule has 0 aromatic carbocycles. The summed E-state index contributed by atoms with van der Waals surface area (Å²) in [7, 11) is 0. The molecule has 1 aliphatic carbocycles. The number of nitrogens with one attached hydrogen (secondary N) is 1. The van der Waals surface area contributed by atoms with E-state index in [0.717, 1.165) is 18.4 Å². The smallest absolute Gasteiger partial charge is 0.374 e. The Morgan fingerprint density at radius 1 is 1.27 bits per heavy atom. The first kappa shape index (κ1) is 17.8. The van der Waals surface area contributed by atoms with Crippen LogP contribution in [0.4, 0.5) is 0 Å². The Kier molecular flexibility index (Phi) is 5.16. The lowest BCUT2D eigenvalue weighted by atomic mass is 9.93. The second-order valence-corrected chi connectivity index (χ2v) is 6.40. The number of ether oxygens (including phenoxy) is 1. The lowest BCUT2D eigenvalue weighted by Gasteiger charge is -2.13. The number of pyridine rings is 1. The van der Waals surface area contributed by atoms with E-state index in [2.05, 4.69) is 15.5 Å². The lowest BCUT2D eigenvalue weighted by molar-refractivity contribution is 0.0338. The van der Waals surface area contributed by atoms with Gasteiger partial charge >= 0.3 is 5.97 Å². The quantitative estimate of drug-likeness (QED) is 0.672. The fourth-order valence-corrected chi connectivity index (χ4v) is 2.93. The van der Waals surface area contributed by atoms with Gasteiger partial charge in [-0.15, -0.1) is 0 Å². The van der Waals surface area contributed by atoms with Crippen molar-refractivity contribution in [2.24, 2.45) is 5.10 Å². The molecule has 7 heteroatoms. The fourth-order valence-electron chi connectivity index (χ4n) is 2.93. The Morgan fingerprint density at radius 2 is 2.00 bits per heavy atom. The van der Waals surface area contributed by atoms with Crippen molar-refractivity contribution in [2.75, 3.05) is 0 Å². The Hall–Kier alpha value is -2.96. The molecular formula is C19H21N3O4. The van der Waals surface area contributed by atoms with Gasteiger partial charge in [-0.2, -0.15) is 5.10 Å². The number of nitrogens with zero attached hydrogens (tertiary/aromatic N) is 2. The van der Waals surface area contributed by atoms with Gasteiger partial charge in [-0.3, -0.25) is 9.78 Å². The van der Waals surface area contributed by atoms with Crippen molar-refractivity contribution in [3.8, 4) is 0 Å². The molecule has 0 spiro atoms. The molecule has 1 N–H and O–H groups in total. The van der Waals surface area contributed by atoms with E-state index in [0.29, 0.717) is 29.0 Å². The number of aromatic nitrogens is 1. The Balaban J connectivity index is 1.85. The number of aryl methyl sites for hydroxylation is 1. The summed E-state index contributed by atoms with van der Waals surface area (Å²) >= 11 is 0. The van der Waals surface area contributed by atoms with Gasteiger partial charge in [-0.05, 0) is 45.7 Å². The van der Waals surface area contributed by atoms with E-state index < -0.39 is 5.97 Å². The third-order valence-electron chi connectivity index (χ3n) is 4.09. The third-order valence-corrected chi connectivity index (χ3v) is 4.09. The monoisotopic (exact) mass is 355 g/mol. The van der Waals surface area contributed by atoms with Crippen molar-refractivity contribution in [3.63, 3.8) is 0 Å². The maximum atomic E-state index is 12.2. The number of amides is 1. The summed E-state index contributed by atoms with van der Waals surface area (Å²) in [6, 6.07) is 3.23. The molecule has 1 amide bonds. The van der Waals surface area contributed by atoms with Crippen LogP contribution in [0.5, 0.6) is 0 Å². The van der Waals surface area contributed by atoms with Gasteiger partial charge in [-0.25, -0.2) is 10.2 Å². The summed E-state index contributed by atoms with van der Waals surface area (Å²) < 4.78 is 11.0. The summed E-state index contributed by atoms with van der Waals surface area (Å²) in [5, 5.41) is 4.28. The number of hydrazone groups is 1. The van der Waals surface area contributed by atoms with E-state index in [4.69, 9.17) is 9.15 Å². The molecule has 2 aromatic rings. The van der Waals surface area contributed by atoms with Crippen LogP contribution >= 0.6 is 0 Å². The molecule has 0 aliphatic heterocycles. The number of hydrogen-bond donors (Lipinski definition) is 1. The van der Waals surface area contributed by atoms with Crippen LogP contribution in [0.3, 0.4) is 0 Å². The van der Waals surface area contributed by atoms with Gasteiger partial charge in [0.15, 0.2) is 0 Å². The predicted molar refractivity (Wildman–Crippen MR) is 95.2 cm³/mol. The van der Waals surface area contributed by atoms with Gasteiger partial charge in [0.1, 0.15) is 5.76 Å². The number of esters is 1. The van der Waals surface area contributed by atoms with Gasteiger partial charge in [0.2, 0.25) is 5.76 Å². The highest BCUT2D eigenvalue weighted by Crippen LogP contribution is 2.30. The minimum absolute atomic E-state index is 0.207. The molecule has 2 aromatic heterocycles. The maximum Gasteiger partial charge on any atom is 0.374 e. The molecule has 0 unspecified atom stereocenters. The van der Waals surface area contributed by atoms with Crippen molar-refractivity contribution in [1.82, 2.24) is 10.4 Å². The Morgan fingerprint density at radius 3 is 2.69 bits per heavy atom. The number of carbonyl (C=O) groups excluding carboxylic acids is 2. The molecule has 0 atom stereocenters. The van der Waals surface area contributed by atoms with Crippen molar-refractivity contribution in [2.45, 2.75) is 46.1 Å². The lowest BCUT2D eigenvalue weighted by Crippen LogP contribution is -2.22. The van der Waals surface area contributed by atoms with Crippen LogP contribution in [0.1, 0.15) is 64.5 Å². The molecular weight excluding hydrogens is 334 g/mol. The Labute approximate surface area is 151 Å². The van der Waals surface area contributed by atoms with Crippen LogP contribution in [0.2, 0.25) is 0 Å². The highest BCUT2D eigenvalue weighted by atomic mass is 16.6. The van der Waals surface area contributed by atoms with Crippen LogP contribution < -0.4 is 5.43 Å². The summed E-state index contributed by atoms with van der Waals surface area (Å²) in [6.45, 7) is 5.39. The van der Waals surface area contributed by atoms with Crippen molar-refractivity contribution >= 4 is 17.6 Å². The summed E-state index contributed by atoms with van der Waals surface area (Å²) in [5.74, 6) is 0.125. The van der Waals surface area contributed by atoms with E-state index >= 15 is 0 Å². The SMILES string of the molecule is Cc1c(C(=O)OC(C)C)oc2c1/C(=N/NC(=O)c1ccncc1)CCC2. The standard InChI is InChI=1S/C19H21N3O4/c1-11(2)25-19(24)17-12(3)16-14(5-4-6-15(16)26-17)21-22-18(23)13-7-9-20-10-8-13/h7-11H,4-6H2,1-3H3,(H,22,23)/b21-14+. The molecule has 0 bridgehead atoms. The van der Waals surface area contributed by atoms with Crippen LogP contribution in [-0.2, 0) is 11.2 Å². The van der Waals surface area contributed by atoms with Gasteiger partial charge < -0.3 is 9.15 Å². The normalized spacial score (nSPS) is 15.0. The Bertz CT molecular complexity index is 853. The van der Waals surface area contributed by atoms with E-state index in [9.17, 15) is 9.59 Å². The van der Waals surface area contributed by atoms with E-state index in [-0.39, 0.29) is 17.8 Å². The van der Waals surface area contributed by atoms with Gasteiger partial charge in [-0.1, -0.05) is 0 Å². The number of fused-ring (bicyclic) bond motifs is 1. The first-order chi connectivity index (χ1) is 12.5. The largest absolute Gasteiger partial charge is 0.457 e. The summed E-state index contributed by atoms with van der Waals surface area (Å²) in [6.07, 6.45) is 5.13. The molecule has 3 rings (SSSR count). The highest BCUT2D eigenvalue weighted by Gasteiger charge is 2.29. The zero-order valence-electron chi connectivity index (χ0n) is 15.0. The van der Waals surface area contributed by atoms with Gasteiger partial charge in [0.05, 0.1) is 11.8 Å². The molecule has 0 saturated heterocycles.